The van der Waals surface area contributed by atoms with E-state index in [1.807, 2.05) is 18.2 Å². The highest BCUT2D eigenvalue weighted by Crippen LogP contribution is 2.24. The second-order valence-electron chi connectivity index (χ2n) is 2.31. The van der Waals surface area contributed by atoms with E-state index < -0.39 is 6.10 Å². The summed E-state index contributed by atoms with van der Waals surface area (Å²) >= 11 is 3.30. The SMILES string of the molecule is CC([C]=O)Oc1ccccc1Br. The third-order valence-electron chi connectivity index (χ3n) is 1.31. The second kappa shape index (κ2) is 4.26. The molecule has 12 heavy (non-hydrogen) atoms. The largest absolute Gasteiger partial charge is 0.481 e. The fraction of sp³-hybridized carbons (Fsp3) is 0.222. The maximum atomic E-state index is 10.2. The molecule has 0 N–H and O–H groups in total. The van der Waals surface area contributed by atoms with E-state index in [0.717, 1.165) is 4.47 Å². The molecule has 2 nitrogen and oxygen atoms in total. The predicted octanol–water partition coefficient (Wildman–Crippen LogP) is 2.33. The minimum Gasteiger partial charge on any atom is -0.481 e. The molecule has 0 saturated carbocycles. The normalized spacial score (nSPS) is 12.2. The van der Waals surface area contributed by atoms with Crippen LogP contribution in [-0.2, 0) is 4.79 Å². The first kappa shape index (κ1) is 9.26. The van der Waals surface area contributed by atoms with Crippen LogP contribution in [0.4, 0.5) is 0 Å². The predicted molar refractivity (Wildman–Crippen MR) is 49.9 cm³/mol. The Morgan fingerprint density at radius 3 is 2.75 bits per heavy atom. The van der Waals surface area contributed by atoms with Crippen molar-refractivity contribution in [3.63, 3.8) is 0 Å². The molecule has 0 spiro atoms. The molecule has 0 aromatic heterocycles. The van der Waals surface area contributed by atoms with Gasteiger partial charge >= 0.3 is 0 Å². The van der Waals surface area contributed by atoms with E-state index in [0.29, 0.717) is 5.75 Å². The van der Waals surface area contributed by atoms with Crippen LogP contribution in [0.3, 0.4) is 0 Å². The molecule has 63 valence electrons. The number of halogens is 1. The van der Waals surface area contributed by atoms with E-state index in [1.165, 1.54) is 0 Å². The van der Waals surface area contributed by atoms with Crippen molar-refractivity contribution < 1.29 is 9.53 Å². The maximum Gasteiger partial charge on any atom is 0.242 e. The average molecular weight is 228 g/mol. The Kier molecular flexibility index (Phi) is 3.29. The number of benzene rings is 1. The molecule has 0 amide bonds. The fourth-order valence-corrected chi connectivity index (χ4v) is 1.13. The molecule has 0 bridgehead atoms. The number of carbonyl (C=O) groups excluding carboxylic acids is 1. The summed E-state index contributed by atoms with van der Waals surface area (Å²) in [7, 11) is 0. The van der Waals surface area contributed by atoms with E-state index in [-0.39, 0.29) is 0 Å². The van der Waals surface area contributed by atoms with Crippen molar-refractivity contribution in [2.75, 3.05) is 0 Å². The van der Waals surface area contributed by atoms with Gasteiger partial charge in [-0.15, -0.1) is 0 Å². The Balaban J connectivity index is 2.75. The lowest BCUT2D eigenvalue weighted by molar-refractivity contribution is 0.277. The number of hydrogen-bond acceptors (Lipinski definition) is 2. The lowest BCUT2D eigenvalue weighted by atomic mass is 10.3. The average Bonchev–Trinajstić information content (AvgIpc) is 2.09. The van der Waals surface area contributed by atoms with Crippen LogP contribution in [0.2, 0.25) is 0 Å². The number of ether oxygens (including phenoxy) is 1. The molecule has 1 rings (SSSR count). The zero-order chi connectivity index (χ0) is 8.97. The molecule has 0 aliphatic rings. The third kappa shape index (κ3) is 2.34. The molecule has 0 aliphatic heterocycles. The molecular weight excluding hydrogens is 220 g/mol. The van der Waals surface area contributed by atoms with Gasteiger partial charge in [0, 0.05) is 0 Å². The van der Waals surface area contributed by atoms with Gasteiger partial charge in [-0.3, -0.25) is 4.79 Å². The molecule has 1 atom stereocenters. The molecule has 1 aromatic carbocycles. The first-order valence-electron chi connectivity index (χ1n) is 3.53. The van der Waals surface area contributed by atoms with Crippen molar-refractivity contribution in [3.05, 3.63) is 28.7 Å². The van der Waals surface area contributed by atoms with Gasteiger partial charge in [-0.2, -0.15) is 0 Å². The summed E-state index contributed by atoms with van der Waals surface area (Å²) in [6, 6.07) is 7.37. The summed E-state index contributed by atoms with van der Waals surface area (Å²) in [6.07, 6.45) is 1.22. The summed E-state index contributed by atoms with van der Waals surface area (Å²) in [4.78, 5) is 10.2. The Labute approximate surface area is 79.7 Å². The highest BCUT2D eigenvalue weighted by molar-refractivity contribution is 9.10. The van der Waals surface area contributed by atoms with E-state index in [2.05, 4.69) is 15.9 Å². The zero-order valence-electron chi connectivity index (χ0n) is 6.58. The molecule has 0 saturated heterocycles. The van der Waals surface area contributed by atoms with Crippen LogP contribution in [-0.4, -0.2) is 12.4 Å². The Morgan fingerprint density at radius 2 is 2.17 bits per heavy atom. The number of para-hydroxylation sites is 1. The lowest BCUT2D eigenvalue weighted by Gasteiger charge is -2.08. The van der Waals surface area contributed by atoms with Crippen LogP contribution in [0.15, 0.2) is 28.7 Å². The first-order chi connectivity index (χ1) is 5.74. The topological polar surface area (TPSA) is 26.3 Å². The summed E-state index contributed by atoms with van der Waals surface area (Å²) in [6.45, 7) is 1.65. The quantitative estimate of drug-likeness (QED) is 0.793. The highest BCUT2D eigenvalue weighted by Gasteiger charge is 2.04. The van der Waals surface area contributed by atoms with Crippen molar-refractivity contribution in [1.82, 2.24) is 0 Å². The molecule has 1 unspecified atom stereocenters. The smallest absolute Gasteiger partial charge is 0.242 e. The van der Waals surface area contributed by atoms with Crippen LogP contribution in [0, 0.1) is 0 Å². The molecule has 0 fully saturated rings. The summed E-state index contributed by atoms with van der Waals surface area (Å²) in [5.74, 6) is 0.661. The Hall–Kier alpha value is -0.830. The number of rotatable bonds is 3. The monoisotopic (exact) mass is 227 g/mol. The van der Waals surface area contributed by atoms with Gasteiger partial charge in [-0.25, -0.2) is 0 Å². The van der Waals surface area contributed by atoms with E-state index in [4.69, 9.17) is 4.74 Å². The standard InChI is InChI=1S/C9H8BrO2/c1-7(6-11)12-9-5-3-2-4-8(9)10/h2-5,7H,1H3. The van der Waals surface area contributed by atoms with Gasteiger partial charge in [-0.05, 0) is 35.0 Å². The second-order valence-corrected chi connectivity index (χ2v) is 3.16. The minimum absolute atomic E-state index is 0.524. The van der Waals surface area contributed by atoms with Crippen molar-refractivity contribution in [2.24, 2.45) is 0 Å². The van der Waals surface area contributed by atoms with Gasteiger partial charge in [0.15, 0.2) is 6.10 Å². The molecule has 1 aromatic rings. The van der Waals surface area contributed by atoms with Crippen LogP contribution in [0.5, 0.6) is 5.75 Å². The lowest BCUT2D eigenvalue weighted by Crippen LogP contribution is -2.12. The van der Waals surface area contributed by atoms with Gasteiger partial charge in [0.1, 0.15) is 5.75 Å². The molecule has 3 heteroatoms. The van der Waals surface area contributed by atoms with E-state index >= 15 is 0 Å². The molecular formula is C9H8BrO2. The number of hydrogen-bond donors (Lipinski definition) is 0. The molecule has 0 heterocycles. The first-order valence-corrected chi connectivity index (χ1v) is 4.32. The van der Waals surface area contributed by atoms with Crippen molar-refractivity contribution >= 4 is 22.2 Å². The Morgan fingerprint density at radius 1 is 1.50 bits per heavy atom. The molecule has 1 radical (unpaired) electrons. The third-order valence-corrected chi connectivity index (χ3v) is 1.96. The van der Waals surface area contributed by atoms with Crippen LogP contribution < -0.4 is 4.74 Å². The van der Waals surface area contributed by atoms with Crippen molar-refractivity contribution in [3.8, 4) is 5.75 Å². The molecule has 0 aliphatic carbocycles. The van der Waals surface area contributed by atoms with Crippen molar-refractivity contribution in [2.45, 2.75) is 13.0 Å². The summed E-state index contributed by atoms with van der Waals surface area (Å²) in [5.41, 5.74) is 0. The minimum atomic E-state index is -0.524. The van der Waals surface area contributed by atoms with Crippen LogP contribution >= 0.6 is 15.9 Å². The van der Waals surface area contributed by atoms with E-state index in [1.54, 1.807) is 19.3 Å². The van der Waals surface area contributed by atoms with Gasteiger partial charge in [0.05, 0.1) is 4.47 Å². The van der Waals surface area contributed by atoms with Crippen LogP contribution in [0.1, 0.15) is 6.92 Å². The maximum absolute atomic E-state index is 10.2. The van der Waals surface area contributed by atoms with Crippen molar-refractivity contribution in [1.29, 1.82) is 0 Å². The van der Waals surface area contributed by atoms with Gasteiger partial charge in [-0.1, -0.05) is 12.1 Å². The van der Waals surface area contributed by atoms with Gasteiger partial charge in [0.2, 0.25) is 6.29 Å². The summed E-state index contributed by atoms with van der Waals surface area (Å²) in [5, 5.41) is 0. The highest BCUT2D eigenvalue weighted by atomic mass is 79.9. The van der Waals surface area contributed by atoms with E-state index in [9.17, 15) is 4.79 Å². The zero-order valence-corrected chi connectivity index (χ0v) is 8.17. The Bertz CT molecular complexity index is 273. The summed E-state index contributed by atoms with van der Waals surface area (Å²) < 4.78 is 6.06. The fourth-order valence-electron chi connectivity index (χ4n) is 0.755. The van der Waals surface area contributed by atoms with Gasteiger partial charge < -0.3 is 4.74 Å². The van der Waals surface area contributed by atoms with Gasteiger partial charge in [0.25, 0.3) is 0 Å². The van der Waals surface area contributed by atoms with Crippen LogP contribution in [0.25, 0.3) is 0 Å².